The van der Waals surface area contributed by atoms with Crippen LogP contribution >= 0.6 is 35.1 Å². The van der Waals surface area contributed by atoms with Gasteiger partial charge in [-0.05, 0) is 6.92 Å². The molecule has 32 heavy (non-hydrogen) atoms. The maximum Gasteiger partial charge on any atom is 0.490 e. The molecule has 1 saturated heterocycles. The zero-order valence-electron chi connectivity index (χ0n) is 15.6. The number of hydrogen-bond donors (Lipinski definition) is 7. The van der Waals surface area contributed by atoms with Gasteiger partial charge >= 0.3 is 23.5 Å². The van der Waals surface area contributed by atoms with E-state index in [0.29, 0.717) is 0 Å². The second-order valence-corrected chi connectivity index (χ2v) is 11.6. The molecule has 0 spiro atoms. The molecule has 180 valence electrons. The first-order chi connectivity index (χ1) is 14.4. The Bertz CT molecular complexity index is 1190. The van der Waals surface area contributed by atoms with Crippen LogP contribution in [0.2, 0.25) is 0 Å². The third kappa shape index (κ3) is 5.29. The van der Waals surface area contributed by atoms with Gasteiger partial charge in [-0.2, -0.15) is 18.6 Å². The lowest BCUT2D eigenvalue weighted by atomic mass is 10.0. The van der Waals surface area contributed by atoms with Gasteiger partial charge in [0.25, 0.3) is 0 Å². The van der Waals surface area contributed by atoms with Crippen LogP contribution in [-0.4, -0.2) is 61.5 Å². The minimum absolute atomic E-state index is 0.0260. The van der Waals surface area contributed by atoms with E-state index in [4.69, 9.17) is 37.6 Å². The Morgan fingerprint density at radius 2 is 1.78 bits per heavy atom. The number of ether oxygens (including phenoxy) is 1. The fourth-order valence-corrected chi connectivity index (χ4v) is 6.07. The topological polar surface area (TPSA) is 285 Å². The van der Waals surface area contributed by atoms with Crippen LogP contribution in [0.5, 0.6) is 0 Å². The summed E-state index contributed by atoms with van der Waals surface area (Å²) in [6, 6.07) is 0. The standard InChI is InChI=1S/C10H16ClN6O12P3/c1-10(11)4(18)7(27-31(22,23)29-32(24,25)28-30(19,20)21)26-8(10)17-2-14-3-5(12)15-9(13)16-6(3)17/h2,4,7-8,18H,1H3,(H,22,23)(H,24,25)(H2,19,20,21)(H4,12,13,15,16)/t4-,7?,8-,10-/m1/s1. The molecule has 0 radical (unpaired) electrons. The van der Waals surface area contributed by atoms with Crippen molar-refractivity contribution in [3.63, 3.8) is 0 Å². The van der Waals surface area contributed by atoms with E-state index in [9.17, 15) is 28.6 Å². The van der Waals surface area contributed by atoms with Gasteiger partial charge in [0.05, 0.1) is 6.33 Å². The largest absolute Gasteiger partial charge is 0.490 e. The van der Waals surface area contributed by atoms with Crippen LogP contribution in [0.1, 0.15) is 13.2 Å². The van der Waals surface area contributed by atoms with E-state index in [2.05, 4.69) is 28.1 Å². The Morgan fingerprint density at radius 3 is 2.38 bits per heavy atom. The van der Waals surface area contributed by atoms with E-state index in [0.717, 1.165) is 6.33 Å². The third-order valence-electron chi connectivity index (χ3n) is 3.95. The number of phosphoric ester groups is 1. The van der Waals surface area contributed by atoms with E-state index in [1.807, 2.05) is 0 Å². The summed E-state index contributed by atoms with van der Waals surface area (Å²) in [7, 11) is -17.0. The second-order valence-electron chi connectivity index (χ2n) is 6.44. The maximum atomic E-state index is 12.1. The van der Waals surface area contributed by atoms with Crippen molar-refractivity contribution >= 4 is 58.0 Å². The molecule has 3 heterocycles. The summed E-state index contributed by atoms with van der Waals surface area (Å²) in [6.45, 7) is 1.25. The zero-order chi connectivity index (χ0) is 24.3. The van der Waals surface area contributed by atoms with Gasteiger partial charge in [0.2, 0.25) is 5.95 Å². The van der Waals surface area contributed by atoms with Gasteiger partial charge in [0, 0.05) is 0 Å². The van der Waals surface area contributed by atoms with E-state index in [1.54, 1.807) is 0 Å². The Morgan fingerprint density at radius 1 is 1.16 bits per heavy atom. The second kappa shape index (κ2) is 8.21. The molecule has 3 unspecified atom stereocenters. The predicted octanol–water partition coefficient (Wildman–Crippen LogP) is -0.453. The van der Waals surface area contributed by atoms with Crippen LogP contribution in [0.4, 0.5) is 11.8 Å². The number of phosphoric acid groups is 3. The number of fused-ring (bicyclic) bond motifs is 1. The van der Waals surface area contributed by atoms with Gasteiger partial charge in [0.15, 0.2) is 24.0 Å². The minimum Gasteiger partial charge on any atom is -0.386 e. The van der Waals surface area contributed by atoms with E-state index in [1.165, 1.54) is 11.5 Å². The molecule has 2 aromatic heterocycles. The van der Waals surface area contributed by atoms with Crippen molar-refractivity contribution in [3.8, 4) is 0 Å². The van der Waals surface area contributed by atoms with Gasteiger partial charge in [0.1, 0.15) is 16.5 Å². The Hall–Kier alpha value is -1.23. The fraction of sp³-hybridized carbons (Fsp3) is 0.500. The number of aliphatic hydroxyl groups is 1. The highest BCUT2D eigenvalue weighted by molar-refractivity contribution is 7.66. The van der Waals surface area contributed by atoms with Gasteiger partial charge in [-0.15, -0.1) is 11.6 Å². The quantitative estimate of drug-likeness (QED) is 0.173. The van der Waals surface area contributed by atoms with Crippen molar-refractivity contribution in [2.45, 2.75) is 30.4 Å². The predicted molar refractivity (Wildman–Crippen MR) is 103 cm³/mol. The summed E-state index contributed by atoms with van der Waals surface area (Å²) in [6.07, 6.45) is -4.15. The summed E-state index contributed by atoms with van der Waals surface area (Å²) < 4.78 is 52.5. The molecule has 18 nitrogen and oxygen atoms in total. The van der Waals surface area contributed by atoms with Crippen LogP contribution in [0, 0.1) is 0 Å². The number of alkyl halides is 1. The third-order valence-corrected chi connectivity index (χ3v) is 8.17. The Kier molecular flexibility index (Phi) is 6.52. The first kappa shape index (κ1) is 25.4. The summed E-state index contributed by atoms with van der Waals surface area (Å²) in [4.78, 5) is 45.9. The number of rotatable bonds is 7. The number of imidazole rings is 1. The number of halogens is 1. The van der Waals surface area contributed by atoms with Gasteiger partial charge < -0.3 is 40.9 Å². The molecule has 3 rings (SSSR count). The van der Waals surface area contributed by atoms with Crippen molar-refractivity contribution in [1.82, 2.24) is 19.5 Å². The van der Waals surface area contributed by atoms with E-state index >= 15 is 0 Å². The average Bonchev–Trinajstić information content (AvgIpc) is 3.05. The molecule has 9 N–H and O–H groups in total. The number of hydrogen-bond acceptors (Lipinski definition) is 13. The molecule has 1 aliphatic rings. The Balaban J connectivity index is 1.87. The van der Waals surface area contributed by atoms with Crippen LogP contribution in [0.15, 0.2) is 6.33 Å². The number of anilines is 2. The summed E-state index contributed by atoms with van der Waals surface area (Å²) in [5.41, 5.74) is 11.4. The van der Waals surface area contributed by atoms with Crippen LogP contribution in [0.25, 0.3) is 11.2 Å². The molecule has 0 bridgehead atoms. The Labute approximate surface area is 182 Å². The maximum absolute atomic E-state index is 12.1. The van der Waals surface area contributed by atoms with Crippen molar-refractivity contribution < 1.29 is 56.3 Å². The lowest BCUT2D eigenvalue weighted by Gasteiger charge is -2.25. The molecule has 1 aliphatic heterocycles. The number of nitrogens with zero attached hydrogens (tertiary/aromatic N) is 4. The molecule has 6 atom stereocenters. The smallest absolute Gasteiger partial charge is 0.386 e. The van der Waals surface area contributed by atoms with Gasteiger partial charge in [-0.25, -0.2) is 18.7 Å². The van der Waals surface area contributed by atoms with Crippen molar-refractivity contribution in [1.29, 1.82) is 0 Å². The summed E-state index contributed by atoms with van der Waals surface area (Å²) in [5.74, 6) is -0.303. The molecule has 1 fully saturated rings. The average molecular weight is 541 g/mol. The molecule has 22 heteroatoms. The molecular weight excluding hydrogens is 525 g/mol. The van der Waals surface area contributed by atoms with Crippen LogP contribution < -0.4 is 11.5 Å². The normalized spacial score (nSPS) is 30.3. The molecule has 2 aromatic rings. The summed E-state index contributed by atoms with van der Waals surface area (Å²) in [5, 5.41) is 10.4. The lowest BCUT2D eigenvalue weighted by Crippen LogP contribution is -2.39. The molecule has 0 saturated carbocycles. The van der Waals surface area contributed by atoms with E-state index in [-0.39, 0.29) is 22.9 Å². The fourth-order valence-electron chi connectivity index (χ4n) is 2.72. The SMILES string of the molecule is C[C@@]1(Cl)[C@H](O)C(OP(=O)(O)OP(=O)(O)OP(=O)(O)O)O[C@H]1n1cnc2c(N)nc(N)nc21. The number of aliphatic hydroxyl groups excluding tert-OH is 1. The molecular formula is C10H16ClN6O12P3. The first-order valence-electron chi connectivity index (χ1n) is 8.02. The van der Waals surface area contributed by atoms with Crippen LogP contribution in [0.3, 0.4) is 0 Å². The van der Waals surface area contributed by atoms with Crippen molar-refractivity contribution in [2.24, 2.45) is 0 Å². The minimum atomic E-state index is -5.78. The zero-order valence-corrected chi connectivity index (χ0v) is 19.0. The summed E-state index contributed by atoms with van der Waals surface area (Å²) >= 11 is 6.35. The van der Waals surface area contributed by atoms with Gasteiger partial charge in [-0.3, -0.25) is 9.09 Å². The van der Waals surface area contributed by atoms with Crippen molar-refractivity contribution in [3.05, 3.63) is 6.33 Å². The van der Waals surface area contributed by atoms with Gasteiger partial charge in [-0.1, -0.05) is 0 Å². The number of nitrogens with two attached hydrogens (primary N) is 2. The van der Waals surface area contributed by atoms with Crippen LogP contribution in [-0.2, 0) is 31.6 Å². The van der Waals surface area contributed by atoms with E-state index < -0.39 is 47.0 Å². The highest BCUT2D eigenvalue weighted by Gasteiger charge is 2.57. The lowest BCUT2D eigenvalue weighted by molar-refractivity contribution is -0.133. The monoisotopic (exact) mass is 540 g/mol. The number of nitrogen functional groups attached to an aromatic ring is 2. The van der Waals surface area contributed by atoms with Crippen molar-refractivity contribution in [2.75, 3.05) is 11.5 Å². The highest BCUT2D eigenvalue weighted by atomic mass is 35.5. The molecule has 0 aliphatic carbocycles. The number of aromatic nitrogens is 4. The first-order valence-corrected chi connectivity index (χ1v) is 12.9. The molecule has 0 aromatic carbocycles. The highest BCUT2D eigenvalue weighted by Crippen LogP contribution is 2.67. The molecule has 0 amide bonds.